The molecule has 2 heterocycles. The highest BCUT2D eigenvalue weighted by atomic mass is 79.9. The van der Waals surface area contributed by atoms with Gasteiger partial charge in [0, 0.05) is 15.5 Å². The average Bonchev–Trinajstić information content (AvgIpc) is 2.64. The largest absolute Gasteiger partial charge is 0.363 e. The number of aryl methyl sites for hydroxylation is 1. The lowest BCUT2D eigenvalue weighted by Crippen LogP contribution is -2.06. The molecular weight excluding hydrogens is 284 g/mol. The van der Waals surface area contributed by atoms with Crippen molar-refractivity contribution in [2.24, 2.45) is 0 Å². The summed E-state index contributed by atoms with van der Waals surface area (Å²) in [7, 11) is 0. The highest BCUT2D eigenvalue weighted by Gasteiger charge is 2.10. The Hall–Kier alpha value is -0.870. The van der Waals surface area contributed by atoms with Crippen LogP contribution in [0, 0.1) is 6.92 Å². The quantitative estimate of drug-likeness (QED) is 0.909. The van der Waals surface area contributed by atoms with E-state index in [-0.39, 0.29) is 6.04 Å². The third-order valence-corrected chi connectivity index (χ3v) is 4.37. The van der Waals surface area contributed by atoms with Crippen molar-refractivity contribution in [3.05, 3.63) is 44.7 Å². The van der Waals surface area contributed by atoms with Gasteiger partial charge in [-0.1, -0.05) is 0 Å². The van der Waals surface area contributed by atoms with Gasteiger partial charge in [0.25, 0.3) is 0 Å². The number of hydrogen-bond donors (Lipinski definition) is 1. The van der Waals surface area contributed by atoms with Crippen molar-refractivity contribution in [3.8, 4) is 0 Å². The summed E-state index contributed by atoms with van der Waals surface area (Å²) in [5, 5.41) is 5.48. The minimum atomic E-state index is 0.267. The molecule has 2 rings (SSSR count). The molecule has 0 saturated heterocycles. The Morgan fingerprint density at radius 2 is 2.25 bits per heavy atom. The molecule has 0 saturated carbocycles. The molecule has 1 N–H and O–H groups in total. The van der Waals surface area contributed by atoms with E-state index >= 15 is 0 Å². The minimum Gasteiger partial charge on any atom is -0.363 e. The van der Waals surface area contributed by atoms with E-state index in [0.29, 0.717) is 0 Å². The monoisotopic (exact) mass is 296 g/mol. The molecule has 0 fully saturated rings. The van der Waals surface area contributed by atoms with Gasteiger partial charge in [0.2, 0.25) is 0 Å². The minimum absolute atomic E-state index is 0.267. The lowest BCUT2D eigenvalue weighted by molar-refractivity contribution is 0.891. The van der Waals surface area contributed by atoms with Crippen molar-refractivity contribution in [3.63, 3.8) is 0 Å². The first-order chi connectivity index (χ1) is 7.66. The van der Waals surface area contributed by atoms with E-state index in [0.717, 1.165) is 10.3 Å². The second-order valence-electron chi connectivity index (χ2n) is 3.72. The molecular formula is C12H13BrN2S. The second kappa shape index (κ2) is 4.97. The first-order valence-corrected chi connectivity index (χ1v) is 6.76. The Balaban J connectivity index is 2.14. The van der Waals surface area contributed by atoms with E-state index in [1.165, 1.54) is 10.4 Å². The summed E-state index contributed by atoms with van der Waals surface area (Å²) in [5.74, 6) is 0.924. The van der Waals surface area contributed by atoms with Gasteiger partial charge in [0.05, 0.1) is 6.04 Å². The Kier molecular flexibility index (Phi) is 3.61. The first kappa shape index (κ1) is 11.6. The van der Waals surface area contributed by atoms with Gasteiger partial charge < -0.3 is 5.32 Å². The van der Waals surface area contributed by atoms with E-state index in [2.05, 4.69) is 57.6 Å². The number of pyridine rings is 1. The summed E-state index contributed by atoms with van der Waals surface area (Å²) < 4.78 is 1.16. The smallest absolute Gasteiger partial charge is 0.126 e. The van der Waals surface area contributed by atoms with E-state index < -0.39 is 0 Å². The zero-order valence-corrected chi connectivity index (χ0v) is 11.6. The van der Waals surface area contributed by atoms with Crippen LogP contribution in [0.4, 0.5) is 5.82 Å². The van der Waals surface area contributed by atoms with Crippen molar-refractivity contribution in [2.75, 3.05) is 5.32 Å². The van der Waals surface area contributed by atoms with E-state index in [4.69, 9.17) is 0 Å². The topological polar surface area (TPSA) is 24.9 Å². The molecule has 0 bridgehead atoms. The Morgan fingerprint density at radius 1 is 1.44 bits per heavy atom. The average molecular weight is 297 g/mol. The van der Waals surface area contributed by atoms with Crippen LogP contribution < -0.4 is 5.32 Å². The van der Waals surface area contributed by atoms with Crippen LogP contribution in [0.25, 0.3) is 0 Å². The molecule has 0 aliphatic rings. The zero-order valence-electron chi connectivity index (χ0n) is 9.20. The van der Waals surface area contributed by atoms with E-state index in [1.54, 1.807) is 11.3 Å². The number of aromatic nitrogens is 1. The summed E-state index contributed by atoms with van der Waals surface area (Å²) in [6.07, 6.45) is 1.83. The van der Waals surface area contributed by atoms with Crippen LogP contribution in [-0.4, -0.2) is 4.98 Å². The van der Waals surface area contributed by atoms with Gasteiger partial charge in [-0.25, -0.2) is 4.98 Å². The molecule has 0 aromatic carbocycles. The molecule has 1 atom stereocenters. The third-order valence-electron chi connectivity index (χ3n) is 2.32. The number of thiophene rings is 1. The maximum absolute atomic E-state index is 4.30. The number of halogens is 1. The van der Waals surface area contributed by atoms with Crippen LogP contribution >= 0.6 is 27.3 Å². The van der Waals surface area contributed by atoms with Gasteiger partial charge in [0.15, 0.2) is 0 Å². The lowest BCUT2D eigenvalue weighted by Gasteiger charge is -2.13. The highest BCUT2D eigenvalue weighted by molar-refractivity contribution is 9.10. The number of rotatable bonds is 3. The molecule has 0 aliphatic heterocycles. The molecule has 0 radical (unpaired) electrons. The van der Waals surface area contributed by atoms with Gasteiger partial charge in [-0.2, -0.15) is 0 Å². The Morgan fingerprint density at radius 3 is 2.88 bits per heavy atom. The van der Waals surface area contributed by atoms with Crippen LogP contribution in [0.2, 0.25) is 0 Å². The number of anilines is 1. The summed E-state index contributed by atoms with van der Waals surface area (Å²) in [5.41, 5.74) is 1.22. The van der Waals surface area contributed by atoms with Crippen molar-refractivity contribution >= 4 is 33.1 Å². The Bertz CT molecular complexity index is 481. The van der Waals surface area contributed by atoms with Crippen molar-refractivity contribution in [1.82, 2.24) is 4.98 Å². The van der Waals surface area contributed by atoms with Crippen molar-refractivity contribution in [1.29, 1.82) is 0 Å². The summed E-state index contributed by atoms with van der Waals surface area (Å²) in [4.78, 5) is 5.59. The third kappa shape index (κ3) is 2.62. The summed E-state index contributed by atoms with van der Waals surface area (Å²) in [6, 6.07) is 6.39. The normalized spacial score (nSPS) is 12.4. The van der Waals surface area contributed by atoms with Crippen molar-refractivity contribution in [2.45, 2.75) is 19.9 Å². The molecule has 16 heavy (non-hydrogen) atoms. The first-order valence-electron chi connectivity index (χ1n) is 5.09. The summed E-state index contributed by atoms with van der Waals surface area (Å²) in [6.45, 7) is 4.21. The van der Waals surface area contributed by atoms with Crippen LogP contribution in [0.1, 0.15) is 23.4 Å². The standard InChI is InChI=1S/C12H13BrN2S/c1-8-3-5-14-11(7-8)15-9(2)12-10(13)4-6-16-12/h3-7,9H,1-2H3,(H,14,15). The molecule has 0 aliphatic carbocycles. The molecule has 0 amide bonds. The molecule has 2 nitrogen and oxygen atoms in total. The van der Waals surface area contributed by atoms with Gasteiger partial charge in [-0.3, -0.25) is 0 Å². The fourth-order valence-electron chi connectivity index (χ4n) is 1.52. The number of nitrogens with one attached hydrogen (secondary N) is 1. The van der Waals surface area contributed by atoms with Crippen LogP contribution in [0.3, 0.4) is 0 Å². The second-order valence-corrected chi connectivity index (χ2v) is 5.52. The van der Waals surface area contributed by atoms with Crippen LogP contribution in [0.15, 0.2) is 34.2 Å². The van der Waals surface area contributed by atoms with Gasteiger partial charge >= 0.3 is 0 Å². The predicted molar refractivity (Wildman–Crippen MR) is 73.0 cm³/mol. The van der Waals surface area contributed by atoms with E-state index in [1.807, 2.05) is 12.3 Å². The highest BCUT2D eigenvalue weighted by Crippen LogP contribution is 2.30. The molecule has 84 valence electrons. The van der Waals surface area contributed by atoms with Gasteiger partial charge in [-0.15, -0.1) is 11.3 Å². The fraction of sp³-hybridized carbons (Fsp3) is 0.250. The maximum Gasteiger partial charge on any atom is 0.126 e. The SMILES string of the molecule is Cc1ccnc(NC(C)c2sccc2Br)c1. The van der Waals surface area contributed by atoms with E-state index in [9.17, 15) is 0 Å². The Labute approximate surface area is 108 Å². The number of hydrogen-bond acceptors (Lipinski definition) is 3. The predicted octanol–water partition coefficient (Wildman–Crippen LogP) is 4.39. The molecule has 1 unspecified atom stereocenters. The molecule has 2 aromatic heterocycles. The molecule has 2 aromatic rings. The molecule has 0 spiro atoms. The molecule has 4 heteroatoms. The zero-order chi connectivity index (χ0) is 11.5. The lowest BCUT2D eigenvalue weighted by atomic mass is 10.2. The summed E-state index contributed by atoms with van der Waals surface area (Å²) >= 11 is 5.29. The van der Waals surface area contributed by atoms with Gasteiger partial charge in [0.1, 0.15) is 5.82 Å². The van der Waals surface area contributed by atoms with Crippen LogP contribution in [0.5, 0.6) is 0 Å². The van der Waals surface area contributed by atoms with Gasteiger partial charge in [-0.05, 0) is 58.9 Å². The van der Waals surface area contributed by atoms with Crippen molar-refractivity contribution < 1.29 is 0 Å². The fourth-order valence-corrected chi connectivity index (χ4v) is 3.24. The van der Waals surface area contributed by atoms with Crippen LogP contribution in [-0.2, 0) is 0 Å². The maximum atomic E-state index is 4.30. The number of nitrogens with zero attached hydrogens (tertiary/aromatic N) is 1.